The van der Waals surface area contributed by atoms with Gasteiger partial charge in [0.15, 0.2) is 11.6 Å². The van der Waals surface area contributed by atoms with Crippen LogP contribution >= 0.6 is 0 Å². The first-order valence-corrected chi connectivity index (χ1v) is 9.79. The van der Waals surface area contributed by atoms with E-state index in [1.54, 1.807) is 25.1 Å². The van der Waals surface area contributed by atoms with Crippen molar-refractivity contribution in [3.05, 3.63) is 64.7 Å². The third-order valence-electron chi connectivity index (χ3n) is 4.40. The van der Waals surface area contributed by atoms with Gasteiger partial charge in [0.2, 0.25) is 5.91 Å². The van der Waals surface area contributed by atoms with Crippen LogP contribution in [0.4, 0.5) is 5.69 Å². The molecule has 0 heterocycles. The molecule has 27 heavy (non-hydrogen) atoms. The van der Waals surface area contributed by atoms with Crippen LogP contribution in [0.2, 0.25) is 0 Å². The van der Waals surface area contributed by atoms with Gasteiger partial charge in [-0.25, -0.2) is 8.42 Å². The summed E-state index contributed by atoms with van der Waals surface area (Å²) >= 11 is 0. The van der Waals surface area contributed by atoms with Gasteiger partial charge in [0.25, 0.3) is 0 Å². The van der Waals surface area contributed by atoms with Crippen LogP contribution in [0, 0.1) is 0 Å². The van der Waals surface area contributed by atoms with E-state index in [2.05, 4.69) is 5.32 Å². The molecule has 8 heteroatoms. The van der Waals surface area contributed by atoms with Gasteiger partial charge >= 0.3 is 0 Å². The lowest BCUT2D eigenvalue weighted by atomic mass is 9.83. The fraction of sp³-hybridized carbons (Fsp3) is 0.211. The summed E-state index contributed by atoms with van der Waals surface area (Å²) in [6, 6.07) is 10.7. The van der Waals surface area contributed by atoms with Gasteiger partial charge in [-0.05, 0) is 12.5 Å². The van der Waals surface area contributed by atoms with E-state index in [1.165, 1.54) is 24.3 Å². The maximum absolute atomic E-state index is 12.9. The van der Waals surface area contributed by atoms with Crippen LogP contribution in [-0.4, -0.2) is 35.7 Å². The predicted molar refractivity (Wildman–Crippen MR) is 96.8 cm³/mol. The number of nitrogens with one attached hydrogen (secondary N) is 1. The van der Waals surface area contributed by atoms with Crippen molar-refractivity contribution >= 4 is 33.3 Å². The summed E-state index contributed by atoms with van der Waals surface area (Å²) < 4.78 is 34.2. The van der Waals surface area contributed by atoms with Crippen LogP contribution in [0.25, 0.3) is 0 Å². The zero-order valence-electron chi connectivity index (χ0n) is 14.4. The molecule has 0 fully saturated rings. The van der Waals surface area contributed by atoms with E-state index < -0.39 is 27.1 Å². The molecule has 1 atom stereocenters. The van der Waals surface area contributed by atoms with Crippen LogP contribution < -0.4 is 5.32 Å². The van der Waals surface area contributed by atoms with E-state index in [-0.39, 0.29) is 40.1 Å². The first kappa shape index (κ1) is 18.9. The first-order valence-electron chi connectivity index (χ1n) is 8.32. The molecule has 1 amide bonds. The maximum atomic E-state index is 12.9. The highest BCUT2D eigenvalue weighted by atomic mass is 32.2. The van der Waals surface area contributed by atoms with E-state index in [9.17, 15) is 27.4 Å². The molecular weight excluding hydrogens is 370 g/mol. The summed E-state index contributed by atoms with van der Waals surface area (Å²) in [4.78, 5) is 37.9. The summed E-state index contributed by atoms with van der Waals surface area (Å²) in [6.45, 7) is 1.65. The third kappa shape index (κ3) is 3.41. The fourth-order valence-electron chi connectivity index (χ4n) is 3.13. The number of hydrogen-bond donors (Lipinski definition) is 1. The third-order valence-corrected chi connectivity index (χ3v) is 5.55. The molecule has 1 aliphatic carbocycles. The average molecular weight is 386 g/mol. The number of amides is 1. The van der Waals surface area contributed by atoms with E-state index in [4.69, 9.17) is 0 Å². The Morgan fingerprint density at radius 2 is 1.59 bits per heavy atom. The maximum Gasteiger partial charge on any atom is 0.241 e. The van der Waals surface area contributed by atoms with Crippen LogP contribution in [-0.2, 0) is 14.9 Å². The summed E-state index contributed by atoms with van der Waals surface area (Å²) in [7, 11) is -4.85. The lowest BCUT2D eigenvalue weighted by Crippen LogP contribution is -2.35. The van der Waals surface area contributed by atoms with Crippen molar-refractivity contribution in [2.75, 3.05) is 5.32 Å². The number of hydrogen-bond acceptors (Lipinski definition) is 6. The number of fused-ring (bicyclic) bond motifs is 2. The van der Waals surface area contributed by atoms with Crippen LogP contribution in [0.15, 0.2) is 42.5 Å². The highest BCUT2D eigenvalue weighted by Gasteiger charge is 2.33. The van der Waals surface area contributed by atoms with E-state index in [0.29, 0.717) is 6.42 Å². The van der Waals surface area contributed by atoms with Crippen LogP contribution in [0.3, 0.4) is 0 Å². The zero-order valence-corrected chi connectivity index (χ0v) is 15.2. The summed E-state index contributed by atoms with van der Waals surface area (Å²) in [5.41, 5.74) is 0.597. The molecule has 0 saturated carbocycles. The van der Waals surface area contributed by atoms with Crippen molar-refractivity contribution in [2.24, 2.45) is 0 Å². The van der Waals surface area contributed by atoms with Crippen molar-refractivity contribution in [1.29, 1.82) is 0 Å². The van der Waals surface area contributed by atoms with Crippen molar-refractivity contribution in [3.8, 4) is 0 Å². The molecule has 0 spiro atoms. The minimum absolute atomic E-state index is 0.00639. The number of carbonyl (C=O) groups excluding carboxylic acids is 3. The van der Waals surface area contributed by atoms with E-state index in [1.807, 2.05) is 0 Å². The second kappa shape index (κ2) is 7.05. The lowest BCUT2D eigenvalue weighted by Gasteiger charge is -2.23. The van der Waals surface area contributed by atoms with Gasteiger partial charge in [-0.1, -0.05) is 49.7 Å². The predicted octanol–water partition coefficient (Wildman–Crippen LogP) is 2.11. The van der Waals surface area contributed by atoms with Crippen molar-refractivity contribution in [1.82, 2.24) is 0 Å². The lowest BCUT2D eigenvalue weighted by molar-refractivity contribution is -0.116. The smallest absolute Gasteiger partial charge is 0.241 e. The molecule has 2 aromatic carbocycles. The van der Waals surface area contributed by atoms with Gasteiger partial charge in [-0.3, -0.25) is 14.4 Å². The quantitative estimate of drug-likeness (QED) is 0.671. The Bertz CT molecular complexity index is 1060. The van der Waals surface area contributed by atoms with Gasteiger partial charge in [0.05, 0.1) is 11.3 Å². The molecule has 1 aliphatic rings. The van der Waals surface area contributed by atoms with Crippen molar-refractivity contribution < 1.29 is 27.4 Å². The molecule has 2 aromatic rings. The molecule has 0 radical (unpaired) electrons. The Labute approximate surface area is 156 Å². The Hall–Kier alpha value is -2.84. The van der Waals surface area contributed by atoms with Gasteiger partial charge in [0, 0.05) is 16.7 Å². The summed E-state index contributed by atoms with van der Waals surface area (Å²) in [5, 5.41) is 0.588. The summed E-state index contributed by atoms with van der Waals surface area (Å²) in [5.74, 6) is -1.83. The molecule has 0 saturated heterocycles. The van der Waals surface area contributed by atoms with Gasteiger partial charge in [-0.15, -0.1) is 0 Å². The molecule has 0 aromatic heterocycles. The fourth-order valence-corrected chi connectivity index (χ4v) is 3.98. The van der Waals surface area contributed by atoms with Crippen LogP contribution in [0.1, 0.15) is 51.6 Å². The average Bonchev–Trinajstić information content (AvgIpc) is 2.63. The Morgan fingerprint density at radius 1 is 1.00 bits per heavy atom. The Kier molecular flexibility index (Phi) is 4.95. The summed E-state index contributed by atoms with van der Waals surface area (Å²) in [6.07, 6.45) is 0.180. The highest BCUT2D eigenvalue weighted by molar-refractivity contribution is 7.87. The molecule has 0 aliphatic heterocycles. The largest absolute Gasteiger partial charge is 0.747 e. The molecule has 7 nitrogen and oxygen atoms in total. The Morgan fingerprint density at radius 3 is 2.19 bits per heavy atom. The highest BCUT2D eigenvalue weighted by Crippen LogP contribution is 2.32. The monoisotopic (exact) mass is 386 g/mol. The van der Waals surface area contributed by atoms with Crippen molar-refractivity contribution in [2.45, 2.75) is 25.0 Å². The number of rotatable bonds is 5. The standard InChI is InChI=1S/C19H17NO6S/c1-2-6-15(27(24,25)26)19(23)20-14-10-5-9-13-16(14)18(22)12-8-4-3-7-11(12)17(13)21/h3-5,7-10,15H,2,6H2,1H3,(H,20,23)(H,24,25,26)/p-1. The number of carbonyl (C=O) groups is 3. The number of benzene rings is 2. The zero-order chi connectivity index (χ0) is 19.8. The minimum Gasteiger partial charge on any atom is -0.747 e. The molecule has 0 bridgehead atoms. The number of ketones is 2. The van der Waals surface area contributed by atoms with Gasteiger partial charge in [-0.2, -0.15) is 0 Å². The van der Waals surface area contributed by atoms with Crippen LogP contribution in [0.5, 0.6) is 0 Å². The Balaban J connectivity index is 2.04. The van der Waals surface area contributed by atoms with Crippen molar-refractivity contribution in [3.63, 3.8) is 0 Å². The van der Waals surface area contributed by atoms with E-state index in [0.717, 1.165) is 0 Å². The first-order chi connectivity index (χ1) is 12.8. The molecule has 1 N–H and O–H groups in total. The normalized spacial score (nSPS) is 14.3. The number of anilines is 1. The molecule has 1 unspecified atom stereocenters. The van der Waals surface area contributed by atoms with Gasteiger partial charge < -0.3 is 9.87 Å². The molecule has 3 rings (SSSR count). The van der Waals surface area contributed by atoms with E-state index >= 15 is 0 Å². The second-order valence-corrected chi connectivity index (χ2v) is 7.75. The molecule has 140 valence electrons. The minimum atomic E-state index is -4.85. The van der Waals surface area contributed by atoms with Gasteiger partial charge in [0.1, 0.15) is 15.4 Å². The topological polar surface area (TPSA) is 120 Å². The second-order valence-electron chi connectivity index (χ2n) is 6.19. The molecular formula is C19H16NO6S-. The SMILES string of the molecule is CCCC(C(=O)Nc1cccc2c1C(=O)c1ccccc1C2=O)S(=O)(=O)[O-].